The molecular weight excluding hydrogens is 785 g/mol. The lowest BCUT2D eigenvalue weighted by Gasteiger charge is -2.39. The third kappa shape index (κ3) is 13.4. The normalized spacial score (nSPS) is 17.9. The van der Waals surface area contributed by atoms with Crippen LogP contribution in [0.2, 0.25) is 0 Å². The summed E-state index contributed by atoms with van der Waals surface area (Å²) in [7, 11) is 3.80. The smallest absolute Gasteiger partial charge is 0.403 e. The lowest BCUT2D eigenvalue weighted by atomic mass is 9.92. The van der Waals surface area contributed by atoms with Crippen LogP contribution < -0.4 is 10.6 Å². The molecule has 5 unspecified atom stereocenters. The molecular formula is C38H51F6N5O7S. The topological polar surface area (TPSA) is 147 Å². The zero-order valence-corrected chi connectivity index (χ0v) is 33.7. The lowest BCUT2D eigenvalue weighted by molar-refractivity contribution is -0.290. The molecule has 2 heterocycles. The van der Waals surface area contributed by atoms with Gasteiger partial charge in [0.15, 0.2) is 12.0 Å². The van der Waals surface area contributed by atoms with Gasteiger partial charge in [0.25, 0.3) is 5.91 Å². The van der Waals surface area contributed by atoms with Gasteiger partial charge in [-0.2, -0.15) is 26.3 Å². The van der Waals surface area contributed by atoms with Crippen LogP contribution in [0.3, 0.4) is 0 Å². The Bertz CT molecular complexity index is 1660. The third-order valence-electron chi connectivity index (χ3n) is 9.99. The Labute approximate surface area is 332 Å². The van der Waals surface area contributed by atoms with Crippen LogP contribution in [-0.2, 0) is 35.1 Å². The van der Waals surface area contributed by atoms with E-state index in [1.165, 1.54) is 24.4 Å². The Hall–Kier alpha value is -4.26. The number of nitrogens with one attached hydrogen (secondary N) is 2. The van der Waals surface area contributed by atoms with Crippen LogP contribution in [0.1, 0.15) is 87.0 Å². The first-order chi connectivity index (χ1) is 26.5. The minimum Gasteiger partial charge on any atom is -0.469 e. The van der Waals surface area contributed by atoms with Gasteiger partial charge in [0, 0.05) is 37.9 Å². The second kappa shape index (κ2) is 20.4. The van der Waals surface area contributed by atoms with Crippen LogP contribution >= 0.6 is 11.3 Å². The van der Waals surface area contributed by atoms with Crippen LogP contribution in [0, 0.1) is 17.8 Å². The number of carbonyl (C=O) groups is 5. The molecule has 2 aromatic rings. The van der Waals surface area contributed by atoms with E-state index in [1.54, 1.807) is 20.8 Å². The highest BCUT2D eigenvalue weighted by Crippen LogP contribution is 2.42. The molecule has 1 fully saturated rings. The van der Waals surface area contributed by atoms with Gasteiger partial charge >= 0.3 is 24.3 Å². The average Bonchev–Trinajstić information content (AvgIpc) is 3.62. The molecule has 0 bridgehead atoms. The fourth-order valence-corrected chi connectivity index (χ4v) is 7.84. The molecule has 1 aliphatic heterocycles. The monoisotopic (exact) mass is 835 g/mol. The van der Waals surface area contributed by atoms with Gasteiger partial charge in [-0.05, 0) is 50.8 Å². The molecule has 19 heteroatoms. The summed E-state index contributed by atoms with van der Waals surface area (Å²) in [6.45, 7) is 6.25. The van der Waals surface area contributed by atoms with Crippen LogP contribution in [0.15, 0.2) is 35.7 Å². The number of amides is 3. The number of halogens is 6. The standard InChI is InChI=1S/C38H51F6N5O7S/c1-21(2)28(49(6)35(53)30(31(37(39,40)41)38(42,43)44)47-33(52)27-15-11-12-16-48(27)5)19-29(56-23(4)50)34-46-26(20-57-34)32(51)45-25(17-22(3)36(54)55-7)18-24-13-9-8-10-14-24/h8-10,13-14,20-22,25,27-31H,11-12,15-19H2,1-7H3,(H,45,51)(H,47,52)/t22?,25?,27-,28?,29?,30?/m1/s1. The molecule has 318 valence electrons. The van der Waals surface area contributed by atoms with Crippen LogP contribution in [0.25, 0.3) is 0 Å². The van der Waals surface area contributed by atoms with E-state index in [4.69, 9.17) is 9.47 Å². The number of alkyl halides is 6. The lowest BCUT2D eigenvalue weighted by Crippen LogP contribution is -2.63. The molecule has 1 aliphatic rings. The molecule has 0 spiro atoms. The Morgan fingerprint density at radius 2 is 1.61 bits per heavy atom. The van der Waals surface area contributed by atoms with E-state index in [9.17, 15) is 50.3 Å². The van der Waals surface area contributed by atoms with Gasteiger partial charge in [-0.3, -0.25) is 28.9 Å². The molecule has 3 amide bonds. The zero-order chi connectivity index (χ0) is 42.8. The van der Waals surface area contributed by atoms with Gasteiger partial charge in [-0.15, -0.1) is 11.3 Å². The fraction of sp³-hybridized carbons (Fsp3) is 0.632. The second-order valence-electron chi connectivity index (χ2n) is 14.7. The molecule has 1 aromatic heterocycles. The van der Waals surface area contributed by atoms with Crippen molar-refractivity contribution in [1.82, 2.24) is 25.4 Å². The highest BCUT2D eigenvalue weighted by molar-refractivity contribution is 7.09. The first-order valence-electron chi connectivity index (χ1n) is 18.5. The van der Waals surface area contributed by atoms with E-state index in [0.29, 0.717) is 30.7 Å². The van der Waals surface area contributed by atoms with Crippen LogP contribution in [-0.4, -0.2) is 109 Å². The summed E-state index contributed by atoms with van der Waals surface area (Å²) in [6.07, 6.45) is -11.6. The number of likely N-dealkylation sites (tertiary alicyclic amines) is 1. The summed E-state index contributed by atoms with van der Waals surface area (Å²) >= 11 is 0.912. The summed E-state index contributed by atoms with van der Waals surface area (Å²) in [5, 5.41) is 6.14. The maximum atomic E-state index is 14.2. The van der Waals surface area contributed by atoms with Crippen molar-refractivity contribution in [2.24, 2.45) is 17.8 Å². The van der Waals surface area contributed by atoms with Gasteiger partial charge < -0.3 is 25.0 Å². The second-order valence-corrected chi connectivity index (χ2v) is 15.6. The summed E-state index contributed by atoms with van der Waals surface area (Å²) in [6, 6.07) is 3.39. The summed E-state index contributed by atoms with van der Waals surface area (Å²) in [5.41, 5.74) is 0.794. The van der Waals surface area contributed by atoms with Crippen molar-refractivity contribution in [3.8, 4) is 0 Å². The number of rotatable bonds is 17. The predicted octanol–water partition coefficient (Wildman–Crippen LogP) is 5.87. The number of likely N-dealkylation sites (N-methyl/N-ethyl adjacent to an activating group) is 2. The number of thiazole rings is 1. The highest BCUT2D eigenvalue weighted by Gasteiger charge is 2.63. The third-order valence-corrected chi connectivity index (χ3v) is 10.9. The van der Waals surface area contributed by atoms with Crippen molar-refractivity contribution in [1.29, 1.82) is 0 Å². The quantitative estimate of drug-likeness (QED) is 0.148. The maximum absolute atomic E-state index is 14.2. The SMILES string of the molecule is COC(=O)C(C)CC(Cc1ccccc1)NC(=O)c1csc(C(CC(C(C)C)N(C)C(=O)C(NC(=O)[C@H]2CCCCN2C)C(C(F)(F)F)C(F)(F)F)OC(C)=O)n1. The molecule has 3 rings (SSSR count). The molecule has 0 aliphatic carbocycles. The van der Waals surface area contributed by atoms with Crippen molar-refractivity contribution >= 4 is 41.0 Å². The van der Waals surface area contributed by atoms with Crippen LogP contribution in [0.4, 0.5) is 26.3 Å². The minimum atomic E-state index is -5.96. The number of esters is 2. The Kier molecular flexibility index (Phi) is 16.9. The molecule has 57 heavy (non-hydrogen) atoms. The van der Waals surface area contributed by atoms with Gasteiger partial charge in [-0.25, -0.2) is 4.98 Å². The van der Waals surface area contributed by atoms with E-state index in [2.05, 4.69) is 10.3 Å². The number of nitrogens with zero attached hydrogens (tertiary/aromatic N) is 3. The van der Waals surface area contributed by atoms with Crippen molar-refractivity contribution in [2.45, 2.75) is 109 Å². The number of ether oxygens (including phenoxy) is 2. The number of methoxy groups -OCH3 is 1. The zero-order valence-electron chi connectivity index (χ0n) is 32.9. The van der Waals surface area contributed by atoms with E-state index in [0.717, 1.165) is 30.9 Å². The van der Waals surface area contributed by atoms with Gasteiger partial charge in [0.2, 0.25) is 11.8 Å². The Morgan fingerprint density at radius 3 is 2.16 bits per heavy atom. The van der Waals surface area contributed by atoms with Crippen LogP contribution in [0.5, 0.6) is 0 Å². The van der Waals surface area contributed by atoms with Crippen molar-refractivity contribution < 1.29 is 59.8 Å². The van der Waals surface area contributed by atoms with E-state index < -0.39 is 90.0 Å². The number of carbonyl (C=O) groups excluding carboxylic acids is 5. The number of aromatic nitrogens is 1. The summed E-state index contributed by atoms with van der Waals surface area (Å²) < 4.78 is 95.5. The highest BCUT2D eigenvalue weighted by atomic mass is 32.1. The largest absolute Gasteiger partial charge is 0.469 e. The first kappa shape index (κ1) is 47.1. The Morgan fingerprint density at radius 1 is 0.982 bits per heavy atom. The van der Waals surface area contributed by atoms with Crippen molar-refractivity contribution in [3.05, 3.63) is 52.0 Å². The molecule has 1 saturated heterocycles. The molecule has 6 atom stereocenters. The summed E-state index contributed by atoms with van der Waals surface area (Å²) in [5.74, 6) is -10.1. The van der Waals surface area contributed by atoms with E-state index in [-0.39, 0.29) is 30.0 Å². The number of benzene rings is 1. The molecule has 1 aromatic carbocycles. The minimum absolute atomic E-state index is 0.0676. The number of hydrogen-bond donors (Lipinski definition) is 2. The molecule has 0 saturated carbocycles. The predicted molar refractivity (Wildman–Crippen MR) is 198 cm³/mol. The van der Waals surface area contributed by atoms with Crippen molar-refractivity contribution in [2.75, 3.05) is 27.7 Å². The summed E-state index contributed by atoms with van der Waals surface area (Å²) in [4.78, 5) is 71.7. The molecule has 12 nitrogen and oxygen atoms in total. The average molecular weight is 836 g/mol. The number of hydrogen-bond acceptors (Lipinski definition) is 10. The van der Waals surface area contributed by atoms with E-state index >= 15 is 0 Å². The number of piperidine rings is 1. The van der Waals surface area contributed by atoms with Gasteiger partial charge in [0.1, 0.15) is 16.7 Å². The van der Waals surface area contributed by atoms with Crippen molar-refractivity contribution in [3.63, 3.8) is 0 Å². The first-order valence-corrected chi connectivity index (χ1v) is 19.4. The molecule has 0 radical (unpaired) electrons. The van der Waals surface area contributed by atoms with Gasteiger partial charge in [0.05, 0.1) is 19.1 Å². The Balaban J connectivity index is 1.93. The molecule has 2 N–H and O–H groups in total. The maximum Gasteiger partial charge on any atom is 0.403 e. The fourth-order valence-electron chi connectivity index (χ4n) is 7.00. The van der Waals surface area contributed by atoms with E-state index in [1.807, 2.05) is 35.6 Å². The van der Waals surface area contributed by atoms with Gasteiger partial charge in [-0.1, -0.05) is 57.5 Å².